The Hall–Kier alpha value is -2.39. The summed E-state index contributed by atoms with van der Waals surface area (Å²) in [4.78, 5) is 10.8. The fraction of sp³-hybridized carbons (Fsp3) is 0. The number of nitro benzene ring substituents is 1. The molecule has 3 rings (SSSR count). The molecule has 0 radical (unpaired) electrons. The van der Waals surface area contributed by atoms with E-state index in [1.54, 1.807) is 12.1 Å². The van der Waals surface area contributed by atoms with Crippen LogP contribution in [0.5, 0.6) is 0 Å². The van der Waals surface area contributed by atoms with Crippen LogP contribution in [0.4, 0.5) is 5.69 Å². The number of hydrogen-bond donors (Lipinski definition) is 0. The average molecular weight is 284 g/mol. The molecule has 0 bridgehead atoms. The van der Waals surface area contributed by atoms with Crippen molar-refractivity contribution in [1.29, 1.82) is 0 Å². The summed E-state index contributed by atoms with van der Waals surface area (Å²) >= 11 is 5.98. The maximum absolute atomic E-state index is 11.3. The summed E-state index contributed by atoms with van der Waals surface area (Å²) in [5, 5.41) is 13.4. The van der Waals surface area contributed by atoms with Crippen molar-refractivity contribution in [3.8, 4) is 11.1 Å². The molecule has 0 fully saturated rings. The van der Waals surface area contributed by atoms with Gasteiger partial charge in [0.05, 0.1) is 10.5 Å². The van der Waals surface area contributed by atoms with E-state index < -0.39 is 4.92 Å². The van der Waals surface area contributed by atoms with Gasteiger partial charge in [0.2, 0.25) is 0 Å². The first-order valence-corrected chi connectivity index (χ1v) is 6.47. The van der Waals surface area contributed by atoms with Gasteiger partial charge < -0.3 is 0 Å². The maximum atomic E-state index is 11.3. The predicted molar refractivity (Wildman–Crippen MR) is 81.0 cm³/mol. The Morgan fingerprint density at radius 3 is 2.30 bits per heavy atom. The lowest BCUT2D eigenvalue weighted by molar-refractivity contribution is -0.384. The third-order valence-corrected chi connectivity index (χ3v) is 3.55. The van der Waals surface area contributed by atoms with Gasteiger partial charge in [0.15, 0.2) is 0 Å². The number of rotatable bonds is 2. The van der Waals surface area contributed by atoms with Gasteiger partial charge >= 0.3 is 0 Å². The van der Waals surface area contributed by atoms with E-state index in [-0.39, 0.29) is 10.7 Å². The van der Waals surface area contributed by atoms with Crippen LogP contribution in [-0.4, -0.2) is 4.92 Å². The number of benzene rings is 3. The first-order chi connectivity index (χ1) is 9.68. The molecule has 20 heavy (non-hydrogen) atoms. The Balaban J connectivity index is 2.37. The minimum absolute atomic E-state index is 0.0504. The van der Waals surface area contributed by atoms with E-state index in [0.29, 0.717) is 5.56 Å². The Morgan fingerprint density at radius 1 is 0.850 bits per heavy atom. The topological polar surface area (TPSA) is 43.1 Å². The number of nitro groups is 1. The fourth-order valence-corrected chi connectivity index (χ4v) is 2.62. The number of hydrogen-bond acceptors (Lipinski definition) is 2. The Bertz CT molecular complexity index is 809. The molecule has 3 aromatic rings. The molecular formula is C16H10ClNO2. The molecule has 0 saturated carbocycles. The summed E-state index contributed by atoms with van der Waals surface area (Å²) < 4.78 is 0. The Labute approximate surface area is 120 Å². The van der Waals surface area contributed by atoms with Crippen molar-refractivity contribution in [1.82, 2.24) is 0 Å². The minimum Gasteiger partial charge on any atom is -0.258 e. The van der Waals surface area contributed by atoms with Gasteiger partial charge in [-0.2, -0.15) is 0 Å². The van der Waals surface area contributed by atoms with Gasteiger partial charge in [-0.05, 0) is 28.5 Å². The highest BCUT2D eigenvalue weighted by Gasteiger charge is 2.20. The normalized spacial score (nSPS) is 10.7. The van der Waals surface area contributed by atoms with Gasteiger partial charge in [0.1, 0.15) is 5.02 Å². The smallest absolute Gasteiger partial charge is 0.258 e. The maximum Gasteiger partial charge on any atom is 0.295 e. The van der Waals surface area contributed by atoms with E-state index in [9.17, 15) is 10.1 Å². The quantitative estimate of drug-likeness (QED) is 0.487. The third-order valence-electron chi connectivity index (χ3n) is 3.25. The Kier molecular flexibility index (Phi) is 3.12. The second-order valence-corrected chi connectivity index (χ2v) is 4.83. The van der Waals surface area contributed by atoms with Crippen LogP contribution in [0, 0.1) is 10.1 Å². The molecule has 0 aliphatic rings. The van der Waals surface area contributed by atoms with Crippen LogP contribution in [0.2, 0.25) is 5.02 Å². The second kappa shape index (κ2) is 4.94. The Morgan fingerprint density at radius 2 is 1.50 bits per heavy atom. The second-order valence-electron chi connectivity index (χ2n) is 4.42. The van der Waals surface area contributed by atoms with E-state index in [1.165, 1.54) is 6.07 Å². The van der Waals surface area contributed by atoms with E-state index in [1.807, 2.05) is 42.5 Å². The van der Waals surface area contributed by atoms with Gasteiger partial charge in [-0.25, -0.2) is 0 Å². The monoisotopic (exact) mass is 283 g/mol. The van der Waals surface area contributed by atoms with Crippen molar-refractivity contribution in [2.45, 2.75) is 0 Å². The van der Waals surface area contributed by atoms with Crippen LogP contribution in [0.1, 0.15) is 0 Å². The van der Waals surface area contributed by atoms with Crippen LogP contribution >= 0.6 is 11.6 Å². The summed E-state index contributed by atoms with van der Waals surface area (Å²) in [5.41, 5.74) is 1.31. The number of nitrogens with zero attached hydrogens (tertiary/aromatic N) is 1. The molecule has 0 atom stereocenters. The zero-order valence-corrected chi connectivity index (χ0v) is 11.2. The zero-order chi connectivity index (χ0) is 14.1. The van der Waals surface area contributed by atoms with Crippen molar-refractivity contribution in [2.24, 2.45) is 0 Å². The van der Waals surface area contributed by atoms with Crippen LogP contribution in [-0.2, 0) is 0 Å². The molecule has 4 heteroatoms. The van der Waals surface area contributed by atoms with Crippen molar-refractivity contribution in [2.75, 3.05) is 0 Å². The molecule has 0 aliphatic heterocycles. The van der Waals surface area contributed by atoms with Crippen molar-refractivity contribution >= 4 is 28.1 Å². The predicted octanol–water partition coefficient (Wildman–Crippen LogP) is 5.07. The first kappa shape index (κ1) is 12.6. The zero-order valence-electron chi connectivity index (χ0n) is 10.4. The van der Waals surface area contributed by atoms with Gasteiger partial charge in [-0.15, -0.1) is 0 Å². The highest BCUT2D eigenvalue weighted by Crippen LogP contribution is 2.38. The van der Waals surface area contributed by atoms with E-state index in [0.717, 1.165) is 16.3 Å². The lowest BCUT2D eigenvalue weighted by Crippen LogP contribution is -1.93. The summed E-state index contributed by atoms with van der Waals surface area (Å²) in [7, 11) is 0. The number of fused-ring (bicyclic) bond motifs is 1. The standard InChI is InChI=1S/C16H10ClNO2/c17-15-10-4-9-14(16(15)18(19)20)13-8-3-6-11-5-1-2-7-12(11)13/h1-10H. The van der Waals surface area contributed by atoms with E-state index >= 15 is 0 Å². The molecule has 0 aromatic heterocycles. The van der Waals surface area contributed by atoms with Crippen molar-refractivity contribution < 1.29 is 4.92 Å². The third kappa shape index (κ3) is 2.02. The van der Waals surface area contributed by atoms with Crippen LogP contribution < -0.4 is 0 Å². The molecule has 0 amide bonds. The van der Waals surface area contributed by atoms with Gasteiger partial charge in [0, 0.05) is 0 Å². The van der Waals surface area contributed by atoms with Crippen LogP contribution in [0.25, 0.3) is 21.9 Å². The van der Waals surface area contributed by atoms with Crippen LogP contribution in [0.3, 0.4) is 0 Å². The molecular weight excluding hydrogens is 274 g/mol. The summed E-state index contributed by atoms with van der Waals surface area (Å²) in [6, 6.07) is 18.5. The molecule has 0 N–H and O–H groups in total. The van der Waals surface area contributed by atoms with E-state index in [4.69, 9.17) is 11.6 Å². The average Bonchev–Trinajstić information content (AvgIpc) is 2.46. The molecule has 0 aliphatic carbocycles. The molecule has 0 unspecified atom stereocenters. The van der Waals surface area contributed by atoms with Crippen LogP contribution in [0.15, 0.2) is 60.7 Å². The van der Waals surface area contributed by atoms with Gasteiger partial charge in [-0.1, -0.05) is 60.1 Å². The first-order valence-electron chi connectivity index (χ1n) is 6.09. The molecule has 0 spiro atoms. The van der Waals surface area contributed by atoms with E-state index in [2.05, 4.69) is 0 Å². The number of halogens is 1. The van der Waals surface area contributed by atoms with Crippen molar-refractivity contribution in [3.63, 3.8) is 0 Å². The summed E-state index contributed by atoms with van der Waals surface area (Å²) in [6.45, 7) is 0. The summed E-state index contributed by atoms with van der Waals surface area (Å²) in [5.74, 6) is 0. The number of para-hydroxylation sites is 1. The lowest BCUT2D eigenvalue weighted by Gasteiger charge is -2.08. The molecule has 0 heterocycles. The SMILES string of the molecule is O=[N+]([O-])c1c(Cl)cccc1-c1cccc2ccccc12. The minimum atomic E-state index is -0.431. The fourth-order valence-electron chi connectivity index (χ4n) is 2.38. The van der Waals surface area contributed by atoms with Crippen molar-refractivity contribution in [3.05, 3.63) is 75.8 Å². The highest BCUT2D eigenvalue weighted by atomic mass is 35.5. The van der Waals surface area contributed by atoms with Gasteiger partial charge in [0.25, 0.3) is 5.69 Å². The van der Waals surface area contributed by atoms with Gasteiger partial charge in [-0.3, -0.25) is 10.1 Å². The largest absolute Gasteiger partial charge is 0.295 e. The molecule has 0 saturated heterocycles. The highest BCUT2D eigenvalue weighted by molar-refractivity contribution is 6.33. The molecule has 98 valence electrons. The molecule has 3 aromatic carbocycles. The molecule has 3 nitrogen and oxygen atoms in total. The lowest BCUT2D eigenvalue weighted by atomic mass is 9.97. The summed E-state index contributed by atoms with van der Waals surface area (Å²) in [6.07, 6.45) is 0.